The van der Waals surface area contributed by atoms with Gasteiger partial charge >= 0.3 is 11.7 Å². The monoisotopic (exact) mass is 341 g/mol. The SMILES string of the molecule is O=C(O)c1nn(COc2cccc(Br)c2)cc1[N+](=O)[O-]. The molecule has 2 aromatic rings. The third kappa shape index (κ3) is 3.12. The topological polar surface area (TPSA) is 107 Å². The van der Waals surface area contributed by atoms with Crippen LogP contribution >= 0.6 is 15.9 Å². The molecule has 0 bridgehead atoms. The Kier molecular flexibility index (Phi) is 3.99. The maximum atomic E-state index is 10.8. The van der Waals surface area contributed by atoms with Gasteiger partial charge in [0.1, 0.15) is 11.9 Å². The highest BCUT2D eigenvalue weighted by Crippen LogP contribution is 2.19. The van der Waals surface area contributed by atoms with Gasteiger partial charge in [0.25, 0.3) is 0 Å². The summed E-state index contributed by atoms with van der Waals surface area (Å²) in [5.41, 5.74) is -1.19. The van der Waals surface area contributed by atoms with E-state index in [0.717, 1.165) is 15.4 Å². The van der Waals surface area contributed by atoms with Gasteiger partial charge in [0.15, 0.2) is 6.73 Å². The van der Waals surface area contributed by atoms with Crippen molar-refractivity contribution in [2.45, 2.75) is 6.73 Å². The zero-order valence-electron chi connectivity index (χ0n) is 9.89. The van der Waals surface area contributed by atoms with Gasteiger partial charge in [-0.15, -0.1) is 0 Å². The first kappa shape index (κ1) is 14.0. The van der Waals surface area contributed by atoms with Crippen LogP contribution in [0.4, 0.5) is 5.69 Å². The molecule has 20 heavy (non-hydrogen) atoms. The Morgan fingerprint density at radius 2 is 2.30 bits per heavy atom. The van der Waals surface area contributed by atoms with Crippen LogP contribution in [0.2, 0.25) is 0 Å². The van der Waals surface area contributed by atoms with E-state index in [0.29, 0.717) is 5.75 Å². The second kappa shape index (κ2) is 5.70. The Morgan fingerprint density at radius 1 is 1.55 bits per heavy atom. The molecule has 1 aromatic carbocycles. The van der Waals surface area contributed by atoms with Gasteiger partial charge in [0.2, 0.25) is 5.69 Å². The molecule has 104 valence electrons. The van der Waals surface area contributed by atoms with Gasteiger partial charge in [-0.3, -0.25) is 10.1 Å². The molecule has 1 heterocycles. The summed E-state index contributed by atoms with van der Waals surface area (Å²) in [6.07, 6.45) is 1.02. The van der Waals surface area contributed by atoms with Gasteiger partial charge in [-0.2, -0.15) is 5.10 Å². The van der Waals surface area contributed by atoms with Crippen molar-refractivity contribution in [3.8, 4) is 5.75 Å². The average molecular weight is 342 g/mol. The van der Waals surface area contributed by atoms with Crippen molar-refractivity contribution in [2.75, 3.05) is 0 Å². The number of nitrogens with zero attached hydrogens (tertiary/aromatic N) is 3. The smallest absolute Gasteiger partial charge is 0.363 e. The number of halogens is 1. The van der Waals surface area contributed by atoms with Crippen LogP contribution in [0.5, 0.6) is 5.75 Å². The number of aromatic carboxylic acids is 1. The van der Waals surface area contributed by atoms with E-state index < -0.39 is 22.3 Å². The first-order valence-electron chi connectivity index (χ1n) is 5.31. The fourth-order valence-corrected chi connectivity index (χ4v) is 1.84. The third-order valence-corrected chi connectivity index (χ3v) is 2.79. The summed E-state index contributed by atoms with van der Waals surface area (Å²) in [7, 11) is 0. The molecule has 9 heteroatoms. The largest absolute Gasteiger partial charge is 0.476 e. The lowest BCUT2D eigenvalue weighted by molar-refractivity contribution is -0.385. The molecule has 1 N–H and O–H groups in total. The number of nitro groups is 1. The normalized spacial score (nSPS) is 10.2. The minimum absolute atomic E-state index is 0.134. The molecule has 2 rings (SSSR count). The average Bonchev–Trinajstić information content (AvgIpc) is 2.81. The molecule has 0 saturated carbocycles. The van der Waals surface area contributed by atoms with Crippen LogP contribution in [0.15, 0.2) is 34.9 Å². The Bertz CT molecular complexity index is 638. The Hall–Kier alpha value is -2.42. The van der Waals surface area contributed by atoms with Crippen LogP contribution in [0.3, 0.4) is 0 Å². The van der Waals surface area contributed by atoms with E-state index in [-0.39, 0.29) is 6.73 Å². The number of aromatic nitrogens is 2. The maximum absolute atomic E-state index is 10.8. The fourth-order valence-electron chi connectivity index (χ4n) is 1.46. The lowest BCUT2D eigenvalue weighted by atomic mass is 10.3. The number of hydrogen-bond donors (Lipinski definition) is 1. The predicted molar refractivity (Wildman–Crippen MR) is 70.6 cm³/mol. The second-order valence-corrected chi connectivity index (χ2v) is 4.61. The number of ether oxygens (including phenoxy) is 1. The summed E-state index contributed by atoms with van der Waals surface area (Å²) in [5, 5.41) is 23.1. The van der Waals surface area contributed by atoms with Crippen molar-refractivity contribution in [1.29, 1.82) is 0 Å². The maximum Gasteiger partial charge on any atom is 0.363 e. The van der Waals surface area contributed by atoms with Crippen LogP contribution in [0.1, 0.15) is 10.5 Å². The van der Waals surface area contributed by atoms with Crippen molar-refractivity contribution >= 4 is 27.6 Å². The Labute approximate surface area is 120 Å². The van der Waals surface area contributed by atoms with Crippen molar-refractivity contribution in [2.24, 2.45) is 0 Å². The molecule has 0 aliphatic heterocycles. The molecular weight excluding hydrogens is 334 g/mol. The van der Waals surface area contributed by atoms with Crippen LogP contribution in [-0.4, -0.2) is 25.8 Å². The molecule has 0 saturated heterocycles. The summed E-state index contributed by atoms with van der Waals surface area (Å²) >= 11 is 3.27. The molecule has 0 fully saturated rings. The number of carboxylic acids is 1. The number of rotatable bonds is 5. The summed E-state index contributed by atoms with van der Waals surface area (Å²) in [6.45, 7) is -0.134. The van der Waals surface area contributed by atoms with Crippen molar-refractivity contribution in [3.63, 3.8) is 0 Å². The molecule has 0 aliphatic carbocycles. The standard InChI is InChI=1S/C11H8BrN3O5/c12-7-2-1-3-8(4-7)20-6-14-5-9(15(18)19)10(13-14)11(16)17/h1-5H,6H2,(H,16,17). The van der Waals surface area contributed by atoms with E-state index in [9.17, 15) is 14.9 Å². The number of hydrogen-bond acceptors (Lipinski definition) is 5. The van der Waals surface area contributed by atoms with Crippen LogP contribution < -0.4 is 4.74 Å². The molecule has 0 atom stereocenters. The molecule has 8 nitrogen and oxygen atoms in total. The molecular formula is C11H8BrN3O5. The summed E-state index contributed by atoms with van der Waals surface area (Å²) < 4.78 is 7.23. The highest BCUT2D eigenvalue weighted by atomic mass is 79.9. The molecule has 1 aromatic heterocycles. The van der Waals surface area contributed by atoms with Crippen LogP contribution in [-0.2, 0) is 6.73 Å². The van der Waals surface area contributed by atoms with Gasteiger partial charge in [-0.05, 0) is 18.2 Å². The first-order chi connectivity index (χ1) is 9.47. The molecule has 0 spiro atoms. The molecule has 0 unspecified atom stereocenters. The lowest BCUT2D eigenvalue weighted by Gasteiger charge is -2.05. The fraction of sp³-hybridized carbons (Fsp3) is 0.0909. The van der Waals surface area contributed by atoms with Crippen LogP contribution in [0.25, 0.3) is 0 Å². The van der Waals surface area contributed by atoms with Gasteiger partial charge in [0.05, 0.1) is 4.92 Å². The van der Waals surface area contributed by atoms with E-state index >= 15 is 0 Å². The minimum Gasteiger partial charge on any atom is -0.476 e. The first-order valence-corrected chi connectivity index (χ1v) is 6.10. The Morgan fingerprint density at radius 3 is 2.85 bits per heavy atom. The summed E-state index contributed by atoms with van der Waals surface area (Å²) in [4.78, 5) is 20.7. The van der Waals surface area contributed by atoms with E-state index in [1.54, 1.807) is 18.2 Å². The predicted octanol–water partition coefficient (Wildman–Crippen LogP) is 2.29. The number of carboxylic acid groups (broad SMARTS) is 1. The Balaban J connectivity index is 2.16. The van der Waals surface area contributed by atoms with Crippen molar-refractivity contribution in [1.82, 2.24) is 9.78 Å². The van der Waals surface area contributed by atoms with E-state index in [2.05, 4.69) is 21.0 Å². The van der Waals surface area contributed by atoms with Gasteiger partial charge in [-0.1, -0.05) is 22.0 Å². The van der Waals surface area contributed by atoms with Gasteiger partial charge in [0, 0.05) is 4.47 Å². The van der Waals surface area contributed by atoms with E-state index in [4.69, 9.17) is 9.84 Å². The summed E-state index contributed by atoms with van der Waals surface area (Å²) in [5.74, 6) is -0.938. The second-order valence-electron chi connectivity index (χ2n) is 3.70. The highest BCUT2D eigenvalue weighted by molar-refractivity contribution is 9.10. The zero-order chi connectivity index (χ0) is 14.7. The van der Waals surface area contributed by atoms with Crippen molar-refractivity contribution in [3.05, 3.63) is 50.7 Å². The molecule has 0 aliphatic rings. The number of carbonyl (C=O) groups is 1. The third-order valence-electron chi connectivity index (χ3n) is 2.30. The van der Waals surface area contributed by atoms with Gasteiger partial charge < -0.3 is 9.84 Å². The quantitative estimate of drug-likeness (QED) is 0.660. The molecule has 0 amide bonds. The van der Waals surface area contributed by atoms with Crippen molar-refractivity contribution < 1.29 is 19.6 Å². The van der Waals surface area contributed by atoms with E-state index in [1.165, 1.54) is 0 Å². The lowest BCUT2D eigenvalue weighted by Crippen LogP contribution is -2.07. The molecule has 0 radical (unpaired) electrons. The van der Waals surface area contributed by atoms with E-state index in [1.807, 2.05) is 6.07 Å². The highest BCUT2D eigenvalue weighted by Gasteiger charge is 2.25. The number of benzene rings is 1. The summed E-state index contributed by atoms with van der Waals surface area (Å²) in [6, 6.07) is 6.97. The van der Waals surface area contributed by atoms with Gasteiger partial charge in [-0.25, -0.2) is 9.48 Å². The minimum atomic E-state index is -1.46. The van der Waals surface area contributed by atoms with Crippen LogP contribution in [0, 0.1) is 10.1 Å². The zero-order valence-corrected chi connectivity index (χ0v) is 11.5.